The van der Waals surface area contributed by atoms with Gasteiger partial charge in [-0.2, -0.15) is 10.3 Å². The van der Waals surface area contributed by atoms with Crippen LogP contribution in [-0.4, -0.2) is 30.4 Å². The summed E-state index contributed by atoms with van der Waals surface area (Å²) >= 11 is 15.6. The van der Waals surface area contributed by atoms with Crippen LogP contribution in [0.15, 0.2) is 29.0 Å². The van der Waals surface area contributed by atoms with Crippen molar-refractivity contribution in [2.45, 2.75) is 0 Å². The highest BCUT2D eigenvalue weighted by Crippen LogP contribution is 2.33. The lowest BCUT2D eigenvalue weighted by molar-refractivity contribution is 0.861. The molecule has 2 aromatic heterocycles. The van der Waals surface area contributed by atoms with E-state index >= 15 is 0 Å². The number of aromatic amines is 1. The lowest BCUT2D eigenvalue weighted by Gasteiger charge is -2.07. The molecule has 9 heteroatoms. The predicted molar refractivity (Wildman–Crippen MR) is 74.5 cm³/mol. The van der Waals surface area contributed by atoms with Crippen molar-refractivity contribution in [3.63, 3.8) is 0 Å². The van der Waals surface area contributed by atoms with E-state index < -0.39 is 0 Å². The summed E-state index contributed by atoms with van der Waals surface area (Å²) in [5.41, 5.74) is 1.36. The Morgan fingerprint density at radius 2 is 2.11 bits per heavy atom. The van der Waals surface area contributed by atoms with Gasteiger partial charge in [0.25, 0.3) is 0 Å². The first-order valence-corrected chi connectivity index (χ1v) is 6.65. The Morgan fingerprint density at radius 3 is 2.84 bits per heavy atom. The van der Waals surface area contributed by atoms with Gasteiger partial charge in [0.15, 0.2) is 0 Å². The maximum absolute atomic E-state index is 6.17. The molecule has 0 aliphatic rings. The van der Waals surface area contributed by atoms with Crippen LogP contribution in [-0.2, 0) is 0 Å². The highest BCUT2D eigenvalue weighted by Gasteiger charge is 2.17. The van der Waals surface area contributed by atoms with Gasteiger partial charge < -0.3 is 0 Å². The van der Waals surface area contributed by atoms with Crippen LogP contribution in [0.2, 0.25) is 10.0 Å². The van der Waals surface area contributed by atoms with Crippen molar-refractivity contribution in [3.8, 4) is 17.1 Å². The van der Waals surface area contributed by atoms with Crippen molar-refractivity contribution >= 4 is 39.1 Å². The molecule has 3 rings (SSSR count). The zero-order valence-electron chi connectivity index (χ0n) is 9.18. The Morgan fingerprint density at radius 1 is 1.26 bits per heavy atom. The highest BCUT2D eigenvalue weighted by atomic mass is 79.9. The Balaban J connectivity index is 2.15. The van der Waals surface area contributed by atoms with Gasteiger partial charge in [0, 0.05) is 0 Å². The van der Waals surface area contributed by atoms with Gasteiger partial charge in [0.1, 0.15) is 4.60 Å². The lowest BCUT2D eigenvalue weighted by Crippen LogP contribution is -1.97. The van der Waals surface area contributed by atoms with Gasteiger partial charge >= 0.3 is 0 Å². The first-order valence-electron chi connectivity index (χ1n) is 5.10. The number of benzene rings is 1. The number of H-pyrrole nitrogens is 1. The molecule has 0 spiro atoms. The molecule has 6 nitrogen and oxygen atoms in total. The smallest absolute Gasteiger partial charge is 0.209 e. The molecule has 19 heavy (non-hydrogen) atoms. The molecule has 0 amide bonds. The summed E-state index contributed by atoms with van der Waals surface area (Å²) in [5, 5.41) is 18.8. The van der Waals surface area contributed by atoms with Crippen LogP contribution in [0.5, 0.6) is 0 Å². The van der Waals surface area contributed by atoms with Crippen LogP contribution in [0.1, 0.15) is 0 Å². The SMILES string of the molecule is Clc1cccc(-n2ncc(-c3nn[nH]n3)c2Br)c1Cl. The molecule has 0 saturated heterocycles. The van der Waals surface area contributed by atoms with Gasteiger partial charge in [0.2, 0.25) is 5.82 Å². The third kappa shape index (κ3) is 2.13. The molecule has 0 saturated carbocycles. The Kier molecular flexibility index (Phi) is 3.26. The molecule has 0 aliphatic heterocycles. The largest absolute Gasteiger partial charge is 0.224 e. The Labute approximate surface area is 125 Å². The van der Waals surface area contributed by atoms with Gasteiger partial charge in [-0.3, -0.25) is 0 Å². The summed E-state index contributed by atoms with van der Waals surface area (Å²) in [6, 6.07) is 5.32. The van der Waals surface area contributed by atoms with Crippen LogP contribution >= 0.6 is 39.1 Å². The molecule has 0 fully saturated rings. The third-order valence-corrected chi connectivity index (χ3v) is 4.03. The van der Waals surface area contributed by atoms with Crippen molar-refractivity contribution in [2.24, 2.45) is 0 Å². The first-order chi connectivity index (χ1) is 9.18. The Hall–Kier alpha value is -1.44. The van der Waals surface area contributed by atoms with E-state index in [4.69, 9.17) is 23.2 Å². The zero-order valence-corrected chi connectivity index (χ0v) is 12.3. The molecule has 0 aliphatic carbocycles. The molecule has 2 heterocycles. The zero-order chi connectivity index (χ0) is 13.4. The van der Waals surface area contributed by atoms with E-state index in [0.717, 1.165) is 0 Å². The molecular weight excluding hydrogens is 355 g/mol. The molecule has 96 valence electrons. The maximum Gasteiger partial charge on any atom is 0.209 e. The fourth-order valence-corrected chi connectivity index (χ4v) is 2.52. The third-order valence-electron chi connectivity index (χ3n) is 2.46. The summed E-state index contributed by atoms with van der Waals surface area (Å²) in [6.45, 7) is 0. The molecule has 0 bridgehead atoms. The van der Waals surface area contributed by atoms with Crippen molar-refractivity contribution < 1.29 is 0 Å². The minimum Gasteiger partial charge on any atom is -0.224 e. The van der Waals surface area contributed by atoms with Crippen LogP contribution in [0.25, 0.3) is 17.1 Å². The van der Waals surface area contributed by atoms with E-state index in [1.807, 2.05) is 6.07 Å². The van der Waals surface area contributed by atoms with Crippen molar-refractivity contribution in [1.29, 1.82) is 0 Å². The number of nitrogens with one attached hydrogen (secondary N) is 1. The van der Waals surface area contributed by atoms with Gasteiger partial charge in [-0.15, -0.1) is 10.2 Å². The summed E-state index contributed by atoms with van der Waals surface area (Å²) in [5.74, 6) is 0.441. The van der Waals surface area contributed by atoms with Gasteiger partial charge in [-0.25, -0.2) is 4.68 Å². The molecule has 0 unspecified atom stereocenters. The normalized spacial score (nSPS) is 10.9. The summed E-state index contributed by atoms with van der Waals surface area (Å²) in [6.07, 6.45) is 1.62. The second kappa shape index (κ2) is 4.92. The minimum atomic E-state index is 0.424. The number of hydrogen-bond acceptors (Lipinski definition) is 4. The quantitative estimate of drug-likeness (QED) is 0.762. The average molecular weight is 360 g/mol. The van der Waals surface area contributed by atoms with E-state index in [0.29, 0.717) is 31.7 Å². The van der Waals surface area contributed by atoms with Gasteiger partial charge in [-0.1, -0.05) is 29.3 Å². The van der Waals surface area contributed by atoms with Crippen LogP contribution in [0.4, 0.5) is 0 Å². The van der Waals surface area contributed by atoms with Crippen LogP contribution in [0.3, 0.4) is 0 Å². The molecular formula is C10H5BrCl2N6. The van der Waals surface area contributed by atoms with Gasteiger partial charge in [-0.05, 0) is 33.3 Å². The number of rotatable bonds is 2. The van der Waals surface area contributed by atoms with Crippen LogP contribution in [0, 0.1) is 0 Å². The second-order valence-corrected chi connectivity index (χ2v) is 5.11. The summed E-state index contributed by atoms with van der Waals surface area (Å²) in [4.78, 5) is 0. The maximum atomic E-state index is 6.17. The molecule has 0 atom stereocenters. The van der Waals surface area contributed by atoms with Crippen LogP contribution < -0.4 is 0 Å². The summed E-state index contributed by atoms with van der Waals surface area (Å²) in [7, 11) is 0. The van der Waals surface area contributed by atoms with Crippen molar-refractivity contribution in [3.05, 3.63) is 39.0 Å². The monoisotopic (exact) mass is 358 g/mol. The predicted octanol–water partition coefficient (Wildman–Crippen LogP) is 3.12. The highest BCUT2D eigenvalue weighted by molar-refractivity contribution is 9.10. The number of tetrazole rings is 1. The summed E-state index contributed by atoms with van der Waals surface area (Å²) < 4.78 is 2.28. The Bertz CT molecular complexity index is 724. The van der Waals surface area contributed by atoms with E-state index in [1.165, 1.54) is 0 Å². The fourth-order valence-electron chi connectivity index (χ4n) is 1.58. The molecule has 1 N–H and O–H groups in total. The molecule has 1 aromatic carbocycles. The van der Waals surface area contributed by atoms with Crippen molar-refractivity contribution in [2.75, 3.05) is 0 Å². The second-order valence-electron chi connectivity index (χ2n) is 3.57. The number of aromatic nitrogens is 6. The van der Waals surface area contributed by atoms with E-state index in [1.54, 1.807) is 23.0 Å². The van der Waals surface area contributed by atoms with E-state index in [2.05, 4.69) is 41.7 Å². The van der Waals surface area contributed by atoms with Crippen molar-refractivity contribution in [1.82, 2.24) is 30.4 Å². The molecule has 0 radical (unpaired) electrons. The molecule has 3 aromatic rings. The number of nitrogens with zero attached hydrogens (tertiary/aromatic N) is 5. The van der Waals surface area contributed by atoms with Gasteiger partial charge in [0.05, 0.1) is 27.5 Å². The minimum absolute atomic E-state index is 0.424. The number of hydrogen-bond donors (Lipinski definition) is 1. The average Bonchev–Trinajstić information content (AvgIpc) is 3.02. The van der Waals surface area contributed by atoms with E-state index in [-0.39, 0.29) is 0 Å². The topological polar surface area (TPSA) is 72.3 Å². The lowest BCUT2D eigenvalue weighted by atomic mass is 10.3. The number of halogens is 3. The fraction of sp³-hybridized carbons (Fsp3) is 0. The van der Waals surface area contributed by atoms with E-state index in [9.17, 15) is 0 Å². The standard InChI is InChI=1S/C10H5BrCl2N6/c11-9-5(10-15-17-18-16-10)4-14-19(9)7-3-1-2-6(12)8(7)13/h1-4H,(H,15,16,17,18). The first kappa shape index (κ1) is 12.6.